The highest BCUT2D eigenvalue weighted by atomic mass is 35.5. The van der Waals surface area contributed by atoms with Crippen LogP contribution in [0, 0.1) is 6.92 Å². The highest BCUT2D eigenvalue weighted by molar-refractivity contribution is 7.91. The average Bonchev–Trinajstić information content (AvgIpc) is 2.79. The number of halogens is 4. The predicted molar refractivity (Wildman–Crippen MR) is 128 cm³/mol. The van der Waals surface area contributed by atoms with Crippen LogP contribution in [0.15, 0.2) is 70.5 Å². The van der Waals surface area contributed by atoms with Gasteiger partial charge in [-0.3, -0.25) is 4.79 Å². The van der Waals surface area contributed by atoms with Gasteiger partial charge in [0, 0.05) is 6.07 Å². The molecule has 1 amide bonds. The van der Waals surface area contributed by atoms with Crippen LogP contribution in [-0.2, 0) is 20.8 Å². The first kappa shape index (κ1) is 26.4. The van der Waals surface area contributed by atoms with E-state index in [0.717, 1.165) is 23.8 Å². The lowest BCUT2D eigenvalue weighted by molar-refractivity contribution is -0.137. The molecule has 2 N–H and O–H groups in total. The van der Waals surface area contributed by atoms with Crippen molar-refractivity contribution in [2.24, 2.45) is 0 Å². The van der Waals surface area contributed by atoms with Gasteiger partial charge in [0.15, 0.2) is 0 Å². The van der Waals surface area contributed by atoms with E-state index in [1.54, 1.807) is 25.1 Å². The van der Waals surface area contributed by atoms with Crippen molar-refractivity contribution in [3.05, 3.63) is 76.8 Å². The maximum atomic E-state index is 13.3. The number of aryl methyl sites for hydroxylation is 1. The van der Waals surface area contributed by atoms with Gasteiger partial charge < -0.3 is 15.4 Å². The number of benzene rings is 3. The number of ether oxygens (including phenoxy) is 1. The van der Waals surface area contributed by atoms with Crippen LogP contribution in [0.1, 0.15) is 18.1 Å². The molecule has 0 saturated heterocycles. The van der Waals surface area contributed by atoms with E-state index in [2.05, 4.69) is 10.6 Å². The molecule has 186 valence electrons. The zero-order chi connectivity index (χ0) is 25.8. The van der Waals surface area contributed by atoms with Gasteiger partial charge in [-0.15, -0.1) is 0 Å². The van der Waals surface area contributed by atoms with Gasteiger partial charge in [-0.2, -0.15) is 13.2 Å². The molecule has 0 aliphatic rings. The van der Waals surface area contributed by atoms with Crippen LogP contribution in [-0.4, -0.2) is 27.5 Å². The molecule has 0 aromatic heterocycles. The maximum absolute atomic E-state index is 13.3. The van der Waals surface area contributed by atoms with Crippen molar-refractivity contribution >= 4 is 38.7 Å². The van der Waals surface area contributed by atoms with Gasteiger partial charge in [-0.1, -0.05) is 29.3 Å². The highest BCUT2D eigenvalue weighted by Gasteiger charge is 2.31. The first-order chi connectivity index (χ1) is 16.4. The summed E-state index contributed by atoms with van der Waals surface area (Å²) in [7, 11) is -3.98. The zero-order valence-corrected chi connectivity index (χ0v) is 20.3. The fourth-order valence-corrected chi connectivity index (χ4v) is 4.75. The Balaban J connectivity index is 1.85. The molecule has 0 fully saturated rings. The lowest BCUT2D eigenvalue weighted by Crippen LogP contribution is -2.23. The zero-order valence-electron chi connectivity index (χ0n) is 18.7. The molecule has 0 saturated carbocycles. The van der Waals surface area contributed by atoms with E-state index in [1.165, 1.54) is 24.3 Å². The Labute approximate surface area is 206 Å². The highest BCUT2D eigenvalue weighted by Crippen LogP contribution is 2.34. The Morgan fingerprint density at radius 2 is 1.69 bits per heavy atom. The summed E-state index contributed by atoms with van der Waals surface area (Å²) >= 11 is 5.92. The summed E-state index contributed by atoms with van der Waals surface area (Å²) in [6.45, 7) is 3.46. The van der Waals surface area contributed by atoms with Gasteiger partial charge in [0.05, 0.1) is 44.9 Å². The number of nitrogens with one attached hydrogen (secondary N) is 2. The Hall–Kier alpha value is -3.24. The third-order valence-corrected chi connectivity index (χ3v) is 7.03. The minimum absolute atomic E-state index is 0.0556. The molecule has 0 bridgehead atoms. The summed E-state index contributed by atoms with van der Waals surface area (Å²) in [4.78, 5) is 12.4. The molecule has 3 rings (SSSR count). The Bertz CT molecular complexity index is 1330. The number of amides is 1. The van der Waals surface area contributed by atoms with Crippen LogP contribution in [0.3, 0.4) is 0 Å². The average molecular weight is 527 g/mol. The Morgan fingerprint density at radius 1 is 1.00 bits per heavy atom. The molecule has 0 heterocycles. The molecule has 6 nitrogen and oxygen atoms in total. The number of carbonyl (C=O) groups excluding carboxylic acids is 1. The fraction of sp³-hybridized carbons (Fsp3) is 0.208. The lowest BCUT2D eigenvalue weighted by atomic mass is 10.2. The molecule has 0 aliphatic heterocycles. The molecule has 0 spiro atoms. The van der Waals surface area contributed by atoms with Crippen LogP contribution in [0.25, 0.3) is 0 Å². The number of hydrogen-bond acceptors (Lipinski definition) is 5. The molecule has 3 aromatic carbocycles. The lowest BCUT2D eigenvalue weighted by Gasteiger charge is -2.15. The van der Waals surface area contributed by atoms with Gasteiger partial charge in [-0.25, -0.2) is 8.42 Å². The largest absolute Gasteiger partial charge is 0.494 e. The van der Waals surface area contributed by atoms with Crippen molar-refractivity contribution in [3.8, 4) is 5.75 Å². The van der Waals surface area contributed by atoms with Crippen LogP contribution in [0.4, 0.5) is 24.5 Å². The van der Waals surface area contributed by atoms with E-state index >= 15 is 0 Å². The Kier molecular flexibility index (Phi) is 7.97. The summed E-state index contributed by atoms with van der Waals surface area (Å²) in [5.74, 6) is -0.400. The number of carbonyl (C=O) groups is 1. The first-order valence-corrected chi connectivity index (χ1v) is 12.3. The normalized spacial score (nSPS) is 11.7. The first-order valence-electron chi connectivity index (χ1n) is 10.4. The van der Waals surface area contributed by atoms with Crippen LogP contribution in [0.5, 0.6) is 5.75 Å². The maximum Gasteiger partial charge on any atom is 0.416 e. The van der Waals surface area contributed by atoms with Gasteiger partial charge in [0.25, 0.3) is 0 Å². The number of alkyl halides is 3. The second-order valence-electron chi connectivity index (χ2n) is 7.50. The minimum Gasteiger partial charge on any atom is -0.494 e. The molecule has 0 unspecified atom stereocenters. The summed E-state index contributed by atoms with van der Waals surface area (Å²) in [6.07, 6.45) is -4.61. The Morgan fingerprint density at radius 3 is 2.31 bits per heavy atom. The van der Waals surface area contributed by atoms with Gasteiger partial charge in [0.1, 0.15) is 5.75 Å². The van der Waals surface area contributed by atoms with Gasteiger partial charge in [-0.05, 0) is 56.3 Å². The van der Waals surface area contributed by atoms with Gasteiger partial charge >= 0.3 is 6.18 Å². The molecular formula is C24H22ClF3N2O4S. The topological polar surface area (TPSA) is 84.5 Å². The van der Waals surface area contributed by atoms with Crippen molar-refractivity contribution in [3.63, 3.8) is 0 Å². The second-order valence-corrected chi connectivity index (χ2v) is 9.83. The standard InChI is InChI=1S/C24H22ClF3N2O4S/c1-3-34-17-7-11-20(22(13-17)35(32,33)18-8-4-15(2)5-9-18)29-14-23(31)30-21-12-16(24(26,27)28)6-10-19(21)25/h4-13,29H,3,14H2,1-2H3,(H,30,31). The van der Waals surface area contributed by atoms with Crippen LogP contribution < -0.4 is 15.4 Å². The van der Waals surface area contributed by atoms with Crippen molar-refractivity contribution in [1.29, 1.82) is 0 Å². The summed E-state index contributed by atoms with van der Waals surface area (Å²) < 4.78 is 71.0. The molecule has 0 aliphatic carbocycles. The smallest absolute Gasteiger partial charge is 0.416 e. The van der Waals surface area contributed by atoms with Crippen molar-refractivity contribution in [1.82, 2.24) is 0 Å². The molecule has 3 aromatic rings. The van der Waals surface area contributed by atoms with E-state index in [1.807, 2.05) is 6.92 Å². The second kappa shape index (κ2) is 10.6. The monoisotopic (exact) mass is 526 g/mol. The van der Waals surface area contributed by atoms with E-state index in [4.69, 9.17) is 16.3 Å². The van der Waals surface area contributed by atoms with Crippen molar-refractivity contribution < 1.29 is 31.1 Å². The quantitative estimate of drug-likeness (QED) is 0.379. The van der Waals surface area contributed by atoms with E-state index in [9.17, 15) is 26.4 Å². The number of anilines is 2. The van der Waals surface area contributed by atoms with Crippen LogP contribution >= 0.6 is 11.6 Å². The molecular weight excluding hydrogens is 505 g/mol. The van der Waals surface area contributed by atoms with Gasteiger partial charge in [0.2, 0.25) is 15.7 Å². The predicted octanol–water partition coefficient (Wildman–Crippen LogP) is 5.95. The van der Waals surface area contributed by atoms with E-state index in [0.29, 0.717) is 12.4 Å². The molecule has 0 atom stereocenters. The fourth-order valence-electron chi connectivity index (χ4n) is 3.14. The summed E-state index contributed by atoms with van der Waals surface area (Å²) in [5, 5.41) is 4.98. The number of hydrogen-bond donors (Lipinski definition) is 2. The number of sulfone groups is 1. The minimum atomic E-state index is -4.61. The summed E-state index contributed by atoms with van der Waals surface area (Å²) in [5.41, 5.74) is -0.176. The van der Waals surface area contributed by atoms with Crippen molar-refractivity contribution in [2.45, 2.75) is 29.8 Å². The molecule has 35 heavy (non-hydrogen) atoms. The molecule has 0 radical (unpaired) electrons. The van der Waals surface area contributed by atoms with E-state index in [-0.39, 0.29) is 26.2 Å². The SMILES string of the molecule is CCOc1ccc(NCC(=O)Nc2cc(C(F)(F)F)ccc2Cl)c(S(=O)(=O)c2ccc(C)cc2)c1. The van der Waals surface area contributed by atoms with Crippen LogP contribution in [0.2, 0.25) is 5.02 Å². The molecule has 11 heteroatoms. The third kappa shape index (κ3) is 6.46. The summed E-state index contributed by atoms with van der Waals surface area (Å²) in [6, 6.07) is 13.2. The van der Waals surface area contributed by atoms with E-state index < -0.39 is 34.0 Å². The third-order valence-electron chi connectivity index (χ3n) is 4.89. The van der Waals surface area contributed by atoms with Crippen molar-refractivity contribution in [2.75, 3.05) is 23.8 Å². The number of rotatable bonds is 8.